The highest BCUT2D eigenvalue weighted by Crippen LogP contribution is 2.59. The lowest BCUT2D eigenvalue weighted by molar-refractivity contribution is -0.148. The molecule has 0 aromatic heterocycles. The van der Waals surface area contributed by atoms with Crippen LogP contribution in [0, 0.1) is 25.7 Å². The van der Waals surface area contributed by atoms with Crippen LogP contribution in [0.1, 0.15) is 38.3 Å². The van der Waals surface area contributed by atoms with Crippen LogP contribution in [0.5, 0.6) is 5.75 Å². The molecular formula is C35H41N3O6. The fraction of sp³-hybridized carbons (Fsp3) is 0.457. The maximum absolute atomic E-state index is 14.8. The number of hydrogen-bond donors (Lipinski definition) is 1. The summed E-state index contributed by atoms with van der Waals surface area (Å²) in [4.78, 5) is 49.0. The molecule has 44 heavy (non-hydrogen) atoms. The molecular weight excluding hydrogens is 558 g/mol. The Morgan fingerprint density at radius 2 is 1.57 bits per heavy atom. The predicted octanol–water partition coefficient (Wildman–Crippen LogP) is 3.95. The highest BCUT2D eigenvalue weighted by Gasteiger charge is 2.75. The molecule has 2 aromatic carbocycles. The second kappa shape index (κ2) is 11.2. The minimum atomic E-state index is -1.40. The lowest BCUT2D eigenvalue weighted by Crippen LogP contribution is -2.58. The summed E-state index contributed by atoms with van der Waals surface area (Å²) in [5, 5.41) is 10.3. The number of aliphatic hydroxyl groups excluding tert-OH is 1. The Balaban J connectivity index is 1.48. The smallest absolute Gasteiger partial charge is 0.253 e. The maximum atomic E-state index is 14.8. The van der Waals surface area contributed by atoms with Gasteiger partial charge in [0.2, 0.25) is 11.8 Å². The first-order chi connectivity index (χ1) is 21.1. The molecule has 2 fully saturated rings. The molecule has 0 radical (unpaired) electrons. The van der Waals surface area contributed by atoms with Gasteiger partial charge in [-0.15, -0.1) is 0 Å². The van der Waals surface area contributed by atoms with Gasteiger partial charge in [-0.1, -0.05) is 49.4 Å². The summed E-state index contributed by atoms with van der Waals surface area (Å²) in [6.07, 6.45) is 8.03. The van der Waals surface area contributed by atoms with Crippen LogP contribution >= 0.6 is 0 Å². The van der Waals surface area contributed by atoms with Gasteiger partial charge >= 0.3 is 0 Å². The molecule has 9 heteroatoms. The van der Waals surface area contributed by atoms with Gasteiger partial charge in [0.15, 0.2) is 0 Å². The molecule has 4 aliphatic rings. The van der Waals surface area contributed by atoms with Crippen LogP contribution in [0.25, 0.3) is 0 Å². The average molecular weight is 600 g/mol. The number of para-hydroxylation sites is 1. The van der Waals surface area contributed by atoms with Crippen molar-refractivity contribution in [2.24, 2.45) is 11.8 Å². The quantitative estimate of drug-likeness (QED) is 0.484. The van der Waals surface area contributed by atoms with Crippen molar-refractivity contribution in [1.29, 1.82) is 0 Å². The Hall–Kier alpha value is -3.95. The molecule has 1 spiro atoms. The Bertz CT molecular complexity index is 1520. The van der Waals surface area contributed by atoms with E-state index in [-0.39, 0.29) is 24.3 Å². The third kappa shape index (κ3) is 4.31. The first-order valence-electron chi connectivity index (χ1n) is 15.5. The normalized spacial score (nSPS) is 30.2. The highest BCUT2D eigenvalue weighted by atomic mass is 16.5. The maximum Gasteiger partial charge on any atom is 0.253 e. The number of benzene rings is 2. The van der Waals surface area contributed by atoms with Crippen molar-refractivity contribution < 1.29 is 29.0 Å². The summed E-state index contributed by atoms with van der Waals surface area (Å²) in [6, 6.07) is 11.5. The molecule has 6 atom stereocenters. The van der Waals surface area contributed by atoms with Gasteiger partial charge in [0.1, 0.15) is 17.4 Å². The molecule has 0 saturated carbocycles. The number of anilines is 2. The van der Waals surface area contributed by atoms with E-state index < -0.39 is 35.1 Å². The van der Waals surface area contributed by atoms with E-state index in [0.29, 0.717) is 37.6 Å². The Labute approximate surface area is 258 Å². The number of amides is 3. The van der Waals surface area contributed by atoms with E-state index in [9.17, 15) is 19.5 Å². The van der Waals surface area contributed by atoms with Gasteiger partial charge < -0.3 is 29.3 Å². The van der Waals surface area contributed by atoms with Crippen molar-refractivity contribution in [1.82, 2.24) is 4.90 Å². The molecule has 1 N–H and O–H groups in total. The Morgan fingerprint density at radius 3 is 2.20 bits per heavy atom. The summed E-state index contributed by atoms with van der Waals surface area (Å²) in [5.41, 5.74) is 0.872. The van der Waals surface area contributed by atoms with Gasteiger partial charge in [0.25, 0.3) is 5.91 Å². The number of carbonyl (C=O) groups excluding carboxylic acids is 3. The molecule has 4 aliphatic heterocycles. The second-order valence-electron chi connectivity index (χ2n) is 12.3. The van der Waals surface area contributed by atoms with Crippen LogP contribution in [0.15, 0.2) is 66.8 Å². The van der Waals surface area contributed by atoms with E-state index in [2.05, 4.69) is 0 Å². The van der Waals surface area contributed by atoms with Crippen molar-refractivity contribution in [3.8, 4) is 5.75 Å². The molecule has 0 bridgehead atoms. The third-order valence-electron chi connectivity index (χ3n) is 9.79. The van der Waals surface area contributed by atoms with Crippen LogP contribution in [0.3, 0.4) is 0 Å². The minimum Gasteiger partial charge on any atom is -0.494 e. The first kappa shape index (κ1) is 30.1. The number of likely N-dealkylation sites (tertiary alicyclic amines) is 1. The number of rotatable bonds is 7. The number of hydrogen-bond acceptors (Lipinski definition) is 6. The molecule has 2 aromatic rings. The summed E-state index contributed by atoms with van der Waals surface area (Å²) >= 11 is 0. The zero-order valence-electron chi connectivity index (χ0n) is 26.0. The monoisotopic (exact) mass is 599 g/mol. The van der Waals surface area contributed by atoms with Crippen molar-refractivity contribution in [3.63, 3.8) is 0 Å². The SMILES string of the molecule is CCOc1ccc(N2CC=C[C@]3(CC)O[C@]45C=CCN(c6c(C)cccc6C)C(=O)C4N([C@H](C)CO)C(=O)[C@@H]5[C@@H]3C2=O)cc1. The lowest BCUT2D eigenvalue weighted by Gasteiger charge is -2.40. The zero-order chi connectivity index (χ0) is 31.4. The van der Waals surface area contributed by atoms with E-state index in [1.807, 2.05) is 94.5 Å². The molecule has 9 nitrogen and oxygen atoms in total. The van der Waals surface area contributed by atoms with Crippen molar-refractivity contribution in [2.75, 3.05) is 36.1 Å². The number of aryl methyl sites for hydroxylation is 2. The topological polar surface area (TPSA) is 99.6 Å². The number of aliphatic hydroxyl groups is 1. The van der Waals surface area contributed by atoms with E-state index in [4.69, 9.17) is 9.47 Å². The second-order valence-corrected chi connectivity index (χ2v) is 12.3. The first-order valence-corrected chi connectivity index (χ1v) is 15.5. The molecule has 1 unspecified atom stereocenters. The summed E-state index contributed by atoms with van der Waals surface area (Å²) in [6.45, 7) is 10.3. The average Bonchev–Trinajstić information content (AvgIpc) is 3.31. The van der Waals surface area contributed by atoms with Crippen LogP contribution in [0.2, 0.25) is 0 Å². The summed E-state index contributed by atoms with van der Waals surface area (Å²) < 4.78 is 12.7. The van der Waals surface area contributed by atoms with Gasteiger partial charge in [-0.25, -0.2) is 0 Å². The van der Waals surface area contributed by atoms with Crippen LogP contribution < -0.4 is 14.5 Å². The van der Waals surface area contributed by atoms with E-state index >= 15 is 0 Å². The molecule has 2 saturated heterocycles. The fourth-order valence-electron chi connectivity index (χ4n) is 7.81. The largest absolute Gasteiger partial charge is 0.494 e. The molecule has 232 valence electrons. The molecule has 4 heterocycles. The van der Waals surface area contributed by atoms with Crippen molar-refractivity contribution >= 4 is 29.1 Å². The zero-order valence-corrected chi connectivity index (χ0v) is 26.0. The Kier molecular flexibility index (Phi) is 7.66. The predicted molar refractivity (Wildman–Crippen MR) is 168 cm³/mol. The summed E-state index contributed by atoms with van der Waals surface area (Å²) in [7, 11) is 0. The number of fused-ring (bicyclic) bond motifs is 2. The Morgan fingerprint density at radius 1 is 0.909 bits per heavy atom. The number of nitrogens with zero attached hydrogens (tertiary/aromatic N) is 3. The molecule has 0 aliphatic carbocycles. The van der Waals surface area contributed by atoms with E-state index in [0.717, 1.165) is 16.8 Å². The number of carbonyl (C=O) groups is 3. The van der Waals surface area contributed by atoms with Crippen LogP contribution in [-0.4, -0.2) is 77.3 Å². The summed E-state index contributed by atoms with van der Waals surface area (Å²) in [5.74, 6) is -2.00. The standard InChI is InChI=1S/C35H41N3O6/c1-6-34-17-9-19-36(25-13-15-26(16-14-25)43-7-2)31(40)27(34)28-32(41)38(24(5)21-39)30-33(42)37(20-10-18-35(28,30)44-34)29-22(3)11-8-12-23(29)4/h8-18,24,27-28,30,39H,6-7,19-21H2,1-5H3/t24-,27-,28+,30?,34+,35+/m1/s1. The van der Waals surface area contributed by atoms with E-state index in [1.54, 1.807) is 16.7 Å². The van der Waals surface area contributed by atoms with Gasteiger partial charge in [-0.2, -0.15) is 0 Å². The van der Waals surface area contributed by atoms with Gasteiger partial charge in [0.05, 0.1) is 36.7 Å². The molecule has 6 rings (SSSR count). The molecule has 3 amide bonds. The van der Waals surface area contributed by atoms with Gasteiger partial charge in [0, 0.05) is 24.5 Å². The minimum absolute atomic E-state index is 0.231. The number of ether oxygens (including phenoxy) is 2. The van der Waals surface area contributed by atoms with Crippen molar-refractivity contribution in [2.45, 2.75) is 64.3 Å². The van der Waals surface area contributed by atoms with Crippen molar-refractivity contribution in [3.05, 3.63) is 77.9 Å². The fourth-order valence-corrected chi connectivity index (χ4v) is 7.81. The lowest BCUT2D eigenvalue weighted by atomic mass is 9.73. The van der Waals surface area contributed by atoms with E-state index in [1.165, 1.54) is 4.90 Å². The highest BCUT2D eigenvalue weighted by molar-refractivity contribution is 6.08. The van der Waals surface area contributed by atoms with Gasteiger partial charge in [-0.3, -0.25) is 14.4 Å². The van der Waals surface area contributed by atoms with Gasteiger partial charge in [-0.05, 0) is 69.5 Å². The third-order valence-corrected chi connectivity index (χ3v) is 9.79. The van der Waals surface area contributed by atoms with Crippen LogP contribution in [0.4, 0.5) is 11.4 Å². The van der Waals surface area contributed by atoms with Crippen LogP contribution in [-0.2, 0) is 19.1 Å².